The van der Waals surface area contributed by atoms with Crippen LogP contribution in [0.2, 0.25) is 0 Å². The number of carbonyl (C=O) groups excluding carboxylic acids is 1. The average Bonchev–Trinajstić information content (AvgIpc) is 2.73. The molecule has 0 atom stereocenters. The summed E-state index contributed by atoms with van der Waals surface area (Å²) in [4.78, 5) is 17.0. The van der Waals surface area contributed by atoms with Gasteiger partial charge in [0.15, 0.2) is 0 Å². The zero-order valence-electron chi connectivity index (χ0n) is 18.8. The molecule has 0 spiro atoms. The van der Waals surface area contributed by atoms with Crippen molar-refractivity contribution in [1.82, 2.24) is 10.2 Å². The molecule has 1 aromatic carbocycles. The van der Waals surface area contributed by atoms with Crippen molar-refractivity contribution < 1.29 is 13.2 Å². The molecular weight excluding hydrogens is 412 g/mol. The Balaban J connectivity index is 1.44. The van der Waals surface area contributed by atoms with E-state index in [0.717, 1.165) is 51.3 Å². The monoisotopic (exact) mass is 448 g/mol. The molecule has 172 valence electrons. The molecule has 2 N–H and O–H groups in total. The predicted molar refractivity (Wildman–Crippen MR) is 127 cm³/mol. The standard InChI is InChI=1S/C23H36N4O3S/c1-19(2)10-15-26-16-11-20(12-17-26)24-23(28)18-31(29,30)25-21-6-8-22(9-7-21)27-13-4-3-5-14-27/h6-10,20,25H,3-5,11-18H2,1-2H3,(H,24,28). The van der Waals surface area contributed by atoms with E-state index in [0.29, 0.717) is 5.69 Å². The van der Waals surface area contributed by atoms with Crippen molar-refractivity contribution >= 4 is 27.3 Å². The van der Waals surface area contributed by atoms with Crippen LogP contribution >= 0.6 is 0 Å². The van der Waals surface area contributed by atoms with Crippen molar-refractivity contribution in [2.75, 3.05) is 48.1 Å². The van der Waals surface area contributed by atoms with Crippen LogP contribution in [0.1, 0.15) is 46.0 Å². The van der Waals surface area contributed by atoms with Gasteiger partial charge in [-0.05, 0) is 70.2 Å². The van der Waals surface area contributed by atoms with E-state index in [-0.39, 0.29) is 6.04 Å². The summed E-state index contributed by atoms with van der Waals surface area (Å²) < 4.78 is 27.4. The lowest BCUT2D eigenvalue weighted by molar-refractivity contribution is -0.119. The number of piperidine rings is 2. The summed E-state index contributed by atoms with van der Waals surface area (Å²) >= 11 is 0. The fourth-order valence-electron chi connectivity index (χ4n) is 4.12. The fourth-order valence-corrected chi connectivity index (χ4v) is 5.12. The van der Waals surface area contributed by atoms with Gasteiger partial charge in [-0.25, -0.2) is 8.42 Å². The Kier molecular flexibility index (Phi) is 8.37. The number of anilines is 2. The number of rotatable bonds is 8. The second-order valence-electron chi connectivity index (χ2n) is 8.88. The van der Waals surface area contributed by atoms with Crippen LogP contribution in [0.25, 0.3) is 0 Å². The van der Waals surface area contributed by atoms with E-state index in [4.69, 9.17) is 0 Å². The number of sulfonamides is 1. The third-order valence-corrected chi connectivity index (χ3v) is 7.08. The van der Waals surface area contributed by atoms with Gasteiger partial charge in [0.05, 0.1) is 0 Å². The van der Waals surface area contributed by atoms with Gasteiger partial charge in [0.1, 0.15) is 5.75 Å². The minimum atomic E-state index is -3.75. The molecule has 1 amide bonds. The molecule has 0 unspecified atom stereocenters. The molecule has 2 fully saturated rings. The Labute approximate surface area is 186 Å². The molecule has 7 nitrogen and oxygen atoms in total. The summed E-state index contributed by atoms with van der Waals surface area (Å²) in [6, 6.07) is 7.44. The number of hydrogen-bond acceptors (Lipinski definition) is 5. The molecule has 3 rings (SSSR count). The molecule has 2 aliphatic rings. The van der Waals surface area contributed by atoms with E-state index in [1.54, 1.807) is 12.1 Å². The highest BCUT2D eigenvalue weighted by Crippen LogP contribution is 2.22. The maximum Gasteiger partial charge on any atom is 0.241 e. The van der Waals surface area contributed by atoms with Gasteiger partial charge in [-0.2, -0.15) is 0 Å². The van der Waals surface area contributed by atoms with E-state index < -0.39 is 21.7 Å². The molecule has 2 aliphatic heterocycles. The maximum absolute atomic E-state index is 12.4. The Morgan fingerprint density at radius 3 is 2.29 bits per heavy atom. The number of nitrogens with zero attached hydrogens (tertiary/aromatic N) is 2. The summed E-state index contributed by atoms with van der Waals surface area (Å²) in [5.74, 6) is -1.00. The van der Waals surface area contributed by atoms with Gasteiger partial charge in [0.2, 0.25) is 15.9 Å². The van der Waals surface area contributed by atoms with Gasteiger partial charge in [-0.3, -0.25) is 14.4 Å². The summed E-state index contributed by atoms with van der Waals surface area (Å²) in [5.41, 5.74) is 2.90. The molecule has 1 aromatic rings. The number of hydrogen-bond donors (Lipinski definition) is 2. The van der Waals surface area contributed by atoms with Crippen molar-refractivity contribution in [1.29, 1.82) is 0 Å². The lowest BCUT2D eigenvalue weighted by Gasteiger charge is -2.31. The number of amides is 1. The highest BCUT2D eigenvalue weighted by molar-refractivity contribution is 7.93. The Bertz CT molecular complexity index is 849. The highest BCUT2D eigenvalue weighted by atomic mass is 32.2. The van der Waals surface area contributed by atoms with Gasteiger partial charge < -0.3 is 10.2 Å². The quantitative estimate of drug-likeness (QED) is 0.598. The van der Waals surface area contributed by atoms with Gasteiger partial charge >= 0.3 is 0 Å². The van der Waals surface area contributed by atoms with Crippen LogP contribution in [0.3, 0.4) is 0 Å². The third-order valence-electron chi connectivity index (χ3n) is 5.89. The molecule has 31 heavy (non-hydrogen) atoms. The minimum Gasteiger partial charge on any atom is -0.372 e. The summed E-state index contributed by atoms with van der Waals surface area (Å²) in [6.07, 6.45) is 7.54. The average molecular weight is 449 g/mol. The first-order chi connectivity index (χ1) is 14.8. The smallest absolute Gasteiger partial charge is 0.241 e. The van der Waals surface area contributed by atoms with Crippen molar-refractivity contribution in [2.24, 2.45) is 0 Å². The maximum atomic E-state index is 12.4. The molecule has 0 radical (unpaired) electrons. The Morgan fingerprint density at radius 1 is 1.03 bits per heavy atom. The van der Waals surface area contributed by atoms with E-state index in [1.807, 2.05) is 12.1 Å². The first kappa shape index (κ1) is 23.6. The number of likely N-dealkylation sites (tertiary alicyclic amines) is 1. The zero-order valence-corrected chi connectivity index (χ0v) is 19.6. The van der Waals surface area contributed by atoms with E-state index in [9.17, 15) is 13.2 Å². The van der Waals surface area contributed by atoms with Crippen LogP contribution < -0.4 is 14.9 Å². The molecule has 0 aromatic heterocycles. The Hall–Kier alpha value is -2.06. The van der Waals surface area contributed by atoms with Gasteiger partial charge in [0.25, 0.3) is 0 Å². The normalized spacial score (nSPS) is 18.5. The van der Waals surface area contributed by atoms with Crippen LogP contribution in [0.4, 0.5) is 11.4 Å². The van der Waals surface area contributed by atoms with Crippen LogP contribution in [0.5, 0.6) is 0 Å². The topological polar surface area (TPSA) is 81.8 Å². The first-order valence-corrected chi connectivity index (χ1v) is 13.0. The van der Waals surface area contributed by atoms with Gasteiger partial charge in [-0.15, -0.1) is 0 Å². The molecule has 0 bridgehead atoms. The lowest BCUT2D eigenvalue weighted by atomic mass is 10.0. The van der Waals surface area contributed by atoms with E-state index in [2.05, 4.69) is 39.8 Å². The van der Waals surface area contributed by atoms with Crippen molar-refractivity contribution in [3.63, 3.8) is 0 Å². The highest BCUT2D eigenvalue weighted by Gasteiger charge is 2.23. The Morgan fingerprint density at radius 2 is 1.68 bits per heavy atom. The molecular formula is C23H36N4O3S. The summed E-state index contributed by atoms with van der Waals surface area (Å²) in [6.45, 7) is 9.00. The van der Waals surface area contributed by atoms with Crippen molar-refractivity contribution in [3.8, 4) is 0 Å². The van der Waals surface area contributed by atoms with E-state index >= 15 is 0 Å². The minimum absolute atomic E-state index is 0.0366. The summed E-state index contributed by atoms with van der Waals surface area (Å²) in [7, 11) is -3.75. The largest absolute Gasteiger partial charge is 0.372 e. The first-order valence-electron chi connectivity index (χ1n) is 11.3. The summed E-state index contributed by atoms with van der Waals surface area (Å²) in [5, 5.41) is 2.89. The SMILES string of the molecule is CC(C)=CCN1CCC(NC(=O)CS(=O)(=O)Nc2ccc(N3CCCCC3)cc2)CC1. The molecule has 0 aliphatic carbocycles. The van der Waals surface area contributed by atoms with Crippen LogP contribution in [0.15, 0.2) is 35.9 Å². The molecule has 8 heteroatoms. The van der Waals surface area contributed by atoms with Gasteiger partial charge in [-0.1, -0.05) is 11.6 Å². The van der Waals surface area contributed by atoms with Gasteiger partial charge in [0, 0.05) is 50.1 Å². The zero-order chi connectivity index (χ0) is 22.3. The number of benzene rings is 1. The van der Waals surface area contributed by atoms with Crippen LogP contribution in [-0.2, 0) is 14.8 Å². The second kappa shape index (κ2) is 11.0. The number of carbonyl (C=O) groups is 1. The number of allylic oxidation sites excluding steroid dienone is 1. The van der Waals surface area contributed by atoms with E-state index in [1.165, 1.54) is 24.8 Å². The fraction of sp³-hybridized carbons (Fsp3) is 0.609. The van der Waals surface area contributed by atoms with Crippen molar-refractivity contribution in [3.05, 3.63) is 35.9 Å². The van der Waals surface area contributed by atoms with Crippen LogP contribution in [0, 0.1) is 0 Å². The molecule has 0 saturated carbocycles. The van der Waals surface area contributed by atoms with Crippen LogP contribution in [-0.4, -0.2) is 63.7 Å². The number of nitrogens with one attached hydrogen (secondary N) is 2. The molecule has 2 saturated heterocycles. The molecule has 2 heterocycles. The third kappa shape index (κ3) is 7.85. The van der Waals surface area contributed by atoms with Crippen molar-refractivity contribution in [2.45, 2.75) is 52.0 Å². The lowest BCUT2D eigenvalue weighted by Crippen LogP contribution is -2.46. The predicted octanol–water partition coefficient (Wildman–Crippen LogP) is 2.97. The second-order valence-corrected chi connectivity index (χ2v) is 10.6.